The number of amides is 2. The van der Waals surface area contributed by atoms with E-state index in [1.54, 1.807) is 0 Å². The Kier molecular flexibility index (Phi) is 3.84. The minimum absolute atomic E-state index is 0.0338. The Balaban J connectivity index is 1.65. The second-order valence-electron chi connectivity index (χ2n) is 9.35. The van der Waals surface area contributed by atoms with Gasteiger partial charge in [0.2, 0.25) is 11.8 Å². The smallest absolute Gasteiger partial charge is 0.274 e. The lowest BCUT2D eigenvalue weighted by Crippen LogP contribution is -2.59. The van der Waals surface area contributed by atoms with Gasteiger partial charge in [0.1, 0.15) is 5.69 Å². The molecule has 3 aromatic rings. The Morgan fingerprint density at radius 3 is 1.64 bits per heavy atom. The molecule has 1 heterocycles. The zero-order valence-corrected chi connectivity index (χ0v) is 18.7. The van der Waals surface area contributed by atoms with Crippen LogP contribution in [0.1, 0.15) is 36.1 Å². The molecule has 2 amide bonds. The van der Waals surface area contributed by atoms with Gasteiger partial charge >= 0.3 is 0 Å². The third kappa shape index (κ3) is 2.19. The number of carbonyl (C=O) groups is 2. The lowest BCUT2D eigenvalue weighted by molar-refractivity contribution is -0.384. The zero-order chi connectivity index (χ0) is 23.3. The molecular formula is C26H19ClN2O4. The molecule has 2 atom stereocenters. The molecule has 164 valence electrons. The number of anilines is 1. The van der Waals surface area contributed by atoms with E-state index >= 15 is 0 Å². The number of hydrogen-bond acceptors (Lipinski definition) is 4. The number of hydrogen-bond donors (Lipinski definition) is 0. The number of nitro benzene ring substituents is 1. The summed E-state index contributed by atoms with van der Waals surface area (Å²) in [7, 11) is 0. The highest BCUT2D eigenvalue weighted by molar-refractivity contribution is 6.31. The van der Waals surface area contributed by atoms with Gasteiger partial charge in [0.05, 0.1) is 16.8 Å². The molecule has 0 spiro atoms. The van der Waals surface area contributed by atoms with Gasteiger partial charge in [0.25, 0.3) is 5.69 Å². The Hall–Kier alpha value is -3.51. The number of nitro groups is 1. The van der Waals surface area contributed by atoms with Gasteiger partial charge in [0.15, 0.2) is 0 Å². The van der Waals surface area contributed by atoms with E-state index in [0.717, 1.165) is 27.2 Å². The van der Waals surface area contributed by atoms with Crippen LogP contribution in [0.3, 0.4) is 0 Å². The van der Waals surface area contributed by atoms with E-state index < -0.39 is 39.4 Å². The predicted molar refractivity (Wildman–Crippen MR) is 123 cm³/mol. The summed E-state index contributed by atoms with van der Waals surface area (Å²) in [5, 5.41) is 11.9. The van der Waals surface area contributed by atoms with E-state index in [4.69, 9.17) is 11.6 Å². The first kappa shape index (κ1) is 20.1. The van der Waals surface area contributed by atoms with E-state index in [0.29, 0.717) is 0 Å². The summed E-state index contributed by atoms with van der Waals surface area (Å²) in [5.74, 6) is -2.16. The minimum Gasteiger partial charge on any atom is -0.274 e. The Labute approximate surface area is 194 Å². The number of carbonyl (C=O) groups excluding carboxylic acids is 2. The molecule has 1 fully saturated rings. The van der Waals surface area contributed by atoms with Crippen molar-refractivity contribution >= 4 is 34.8 Å². The number of nitrogens with zero attached hydrogens (tertiary/aromatic N) is 2. The van der Waals surface area contributed by atoms with Crippen LogP contribution in [0, 0.1) is 22.0 Å². The normalized spacial score (nSPS) is 29.0. The van der Waals surface area contributed by atoms with Gasteiger partial charge in [-0.3, -0.25) is 19.7 Å². The minimum atomic E-state index is -0.738. The highest BCUT2D eigenvalue weighted by Crippen LogP contribution is 2.66. The summed E-state index contributed by atoms with van der Waals surface area (Å²) >= 11 is 5.99. The summed E-state index contributed by atoms with van der Waals surface area (Å²) in [6, 6.07) is 20.0. The standard InChI is InChI=1S/C26H19ClN2O4/c1-25-15-7-3-5-9-17(15)26(2,18-10-6-4-8-16(18)25)22-21(25)23(30)28(24(22)31)19-12-11-14(27)13-20(19)29(32)33/h3-13,21-22H,1-2H3/t21-,22-,25?,26?/m1/s1. The van der Waals surface area contributed by atoms with E-state index in [1.807, 2.05) is 62.4 Å². The first-order chi connectivity index (χ1) is 15.7. The van der Waals surface area contributed by atoms with E-state index in [-0.39, 0.29) is 16.4 Å². The maximum Gasteiger partial charge on any atom is 0.294 e. The highest BCUT2D eigenvalue weighted by atomic mass is 35.5. The average Bonchev–Trinajstić information content (AvgIpc) is 3.08. The molecule has 1 aliphatic heterocycles. The van der Waals surface area contributed by atoms with Crippen LogP contribution in [0.4, 0.5) is 11.4 Å². The van der Waals surface area contributed by atoms with Gasteiger partial charge < -0.3 is 0 Å². The predicted octanol–water partition coefficient (Wildman–Crippen LogP) is 4.99. The number of halogens is 1. The van der Waals surface area contributed by atoms with Crippen molar-refractivity contribution in [2.75, 3.05) is 4.90 Å². The molecule has 2 bridgehead atoms. The van der Waals surface area contributed by atoms with Crippen molar-refractivity contribution in [3.63, 3.8) is 0 Å². The van der Waals surface area contributed by atoms with Crippen LogP contribution in [0.2, 0.25) is 5.02 Å². The van der Waals surface area contributed by atoms with Crippen molar-refractivity contribution < 1.29 is 14.5 Å². The molecule has 1 saturated heterocycles. The monoisotopic (exact) mass is 458 g/mol. The second-order valence-corrected chi connectivity index (χ2v) is 9.79. The van der Waals surface area contributed by atoms with Crippen LogP contribution >= 0.6 is 11.6 Å². The Morgan fingerprint density at radius 1 is 0.818 bits per heavy atom. The Bertz CT molecular complexity index is 1290. The first-order valence-corrected chi connectivity index (χ1v) is 11.1. The molecular weight excluding hydrogens is 440 g/mol. The van der Waals surface area contributed by atoms with E-state index in [1.165, 1.54) is 18.2 Å². The topological polar surface area (TPSA) is 80.5 Å². The SMILES string of the molecule is CC12c3ccccc3C(C)(c3ccccc31)[C@H]1C(=O)N(c3ccc(Cl)cc3[N+](=O)[O-])C(=O)[C@@H]12. The van der Waals surface area contributed by atoms with Crippen molar-refractivity contribution in [2.45, 2.75) is 24.7 Å². The summed E-state index contributed by atoms with van der Waals surface area (Å²) in [6.45, 7) is 4.04. The Morgan fingerprint density at radius 2 is 1.24 bits per heavy atom. The van der Waals surface area contributed by atoms with Crippen LogP contribution in [0.25, 0.3) is 0 Å². The van der Waals surface area contributed by atoms with Crippen LogP contribution in [-0.4, -0.2) is 16.7 Å². The summed E-state index contributed by atoms with van der Waals surface area (Å²) in [6.07, 6.45) is 0. The fourth-order valence-corrected chi connectivity index (χ4v) is 6.81. The quantitative estimate of drug-likeness (QED) is 0.307. The number of rotatable bonds is 2. The fourth-order valence-electron chi connectivity index (χ4n) is 6.64. The van der Waals surface area contributed by atoms with Crippen LogP contribution in [-0.2, 0) is 20.4 Å². The van der Waals surface area contributed by atoms with Gasteiger partial charge in [-0.25, -0.2) is 4.90 Å². The maximum atomic E-state index is 14.0. The molecule has 0 radical (unpaired) electrons. The fraction of sp³-hybridized carbons (Fsp3) is 0.231. The maximum absolute atomic E-state index is 14.0. The van der Waals surface area contributed by atoms with Gasteiger partial charge in [-0.2, -0.15) is 0 Å². The van der Waals surface area contributed by atoms with Crippen molar-refractivity contribution in [1.82, 2.24) is 0 Å². The van der Waals surface area contributed by atoms with Gasteiger partial charge in [-0.1, -0.05) is 74.0 Å². The third-order valence-corrected chi connectivity index (χ3v) is 8.25. The molecule has 7 heteroatoms. The second kappa shape index (κ2) is 6.29. The summed E-state index contributed by atoms with van der Waals surface area (Å²) in [5.41, 5.74) is 2.25. The third-order valence-electron chi connectivity index (χ3n) is 8.02. The molecule has 0 N–H and O–H groups in total. The van der Waals surface area contributed by atoms with E-state index in [9.17, 15) is 19.7 Å². The first-order valence-electron chi connectivity index (χ1n) is 10.7. The van der Waals surface area contributed by atoms with Crippen molar-refractivity contribution in [2.24, 2.45) is 11.8 Å². The highest BCUT2D eigenvalue weighted by Gasteiger charge is 2.71. The largest absolute Gasteiger partial charge is 0.294 e. The van der Waals surface area contributed by atoms with Crippen molar-refractivity contribution in [1.29, 1.82) is 0 Å². The van der Waals surface area contributed by atoms with Gasteiger partial charge in [-0.05, 0) is 34.4 Å². The average molecular weight is 459 g/mol. The van der Waals surface area contributed by atoms with Crippen molar-refractivity contribution in [3.8, 4) is 0 Å². The molecule has 0 unspecified atom stereocenters. The zero-order valence-electron chi connectivity index (χ0n) is 17.9. The van der Waals surface area contributed by atoms with Gasteiger partial charge in [0, 0.05) is 21.9 Å². The van der Waals surface area contributed by atoms with Crippen LogP contribution in [0.15, 0.2) is 66.7 Å². The lowest BCUT2D eigenvalue weighted by Gasteiger charge is -2.57. The van der Waals surface area contributed by atoms with Crippen LogP contribution < -0.4 is 4.90 Å². The molecule has 7 rings (SSSR count). The van der Waals surface area contributed by atoms with Crippen LogP contribution in [0.5, 0.6) is 0 Å². The summed E-state index contributed by atoms with van der Waals surface area (Å²) in [4.78, 5) is 40.2. The molecule has 6 nitrogen and oxygen atoms in total. The summed E-state index contributed by atoms with van der Waals surface area (Å²) < 4.78 is 0. The molecule has 4 aliphatic rings. The number of benzene rings is 3. The van der Waals surface area contributed by atoms with Gasteiger partial charge in [-0.15, -0.1) is 0 Å². The molecule has 0 aromatic heterocycles. The molecule has 0 saturated carbocycles. The van der Waals surface area contributed by atoms with Crippen molar-refractivity contribution in [3.05, 3.63) is 104 Å². The lowest BCUT2D eigenvalue weighted by atomic mass is 9.42. The van der Waals surface area contributed by atoms with E-state index in [2.05, 4.69) is 0 Å². The molecule has 3 aliphatic carbocycles. The molecule has 3 aromatic carbocycles. The number of imide groups is 1. The molecule has 33 heavy (non-hydrogen) atoms.